The second-order valence-corrected chi connectivity index (χ2v) is 7.87. The molecule has 2 aromatic rings. The molecule has 0 unspecified atom stereocenters. The molecule has 1 aliphatic heterocycles. The molecule has 1 saturated heterocycles. The molecule has 9 heteroatoms. The molecule has 0 aliphatic carbocycles. The summed E-state index contributed by atoms with van der Waals surface area (Å²) in [7, 11) is 1.54. The molecule has 1 fully saturated rings. The van der Waals surface area contributed by atoms with E-state index in [-0.39, 0.29) is 16.9 Å². The standard InChI is InChI=1S/C18H26N6O3/c1-18(2,3)17-19-14(21-27-17)12-23-8-5-9-24(11-10-23)16(26)13-6-7-15(25)22(4)20-13/h6-7H,5,8-12H2,1-4H3. The first-order valence-electron chi connectivity index (χ1n) is 9.13. The summed E-state index contributed by atoms with van der Waals surface area (Å²) in [5.41, 5.74) is -0.113. The van der Waals surface area contributed by atoms with E-state index >= 15 is 0 Å². The normalized spacial score (nSPS) is 16.4. The van der Waals surface area contributed by atoms with Crippen molar-refractivity contribution in [2.75, 3.05) is 26.2 Å². The maximum Gasteiger partial charge on any atom is 0.274 e. The number of hydrogen-bond acceptors (Lipinski definition) is 7. The Morgan fingerprint density at radius 1 is 1.19 bits per heavy atom. The van der Waals surface area contributed by atoms with Gasteiger partial charge in [-0.3, -0.25) is 14.5 Å². The lowest BCUT2D eigenvalue weighted by atomic mass is 9.97. The fraction of sp³-hybridized carbons (Fsp3) is 0.611. The Balaban J connectivity index is 1.61. The number of carbonyl (C=O) groups excluding carboxylic acids is 1. The van der Waals surface area contributed by atoms with Crippen LogP contribution in [-0.4, -0.2) is 61.8 Å². The number of aromatic nitrogens is 4. The van der Waals surface area contributed by atoms with Crippen molar-refractivity contribution in [3.8, 4) is 0 Å². The Bertz CT molecular complexity index is 866. The molecular formula is C18H26N6O3. The summed E-state index contributed by atoms with van der Waals surface area (Å²) in [6.45, 7) is 9.51. The van der Waals surface area contributed by atoms with Crippen LogP contribution in [0.5, 0.6) is 0 Å². The van der Waals surface area contributed by atoms with E-state index in [0.29, 0.717) is 37.0 Å². The average molecular weight is 374 g/mol. The van der Waals surface area contributed by atoms with Gasteiger partial charge in [0.1, 0.15) is 5.69 Å². The van der Waals surface area contributed by atoms with E-state index in [1.54, 1.807) is 11.9 Å². The van der Waals surface area contributed by atoms with Gasteiger partial charge in [0, 0.05) is 44.7 Å². The van der Waals surface area contributed by atoms with Crippen molar-refractivity contribution >= 4 is 5.91 Å². The van der Waals surface area contributed by atoms with Crippen LogP contribution >= 0.6 is 0 Å². The van der Waals surface area contributed by atoms with Gasteiger partial charge in [0.05, 0.1) is 6.54 Å². The predicted octanol–water partition coefficient (Wildman–Crippen LogP) is 0.809. The first-order valence-corrected chi connectivity index (χ1v) is 9.13. The Labute approximate surface area is 158 Å². The zero-order valence-corrected chi connectivity index (χ0v) is 16.3. The van der Waals surface area contributed by atoms with E-state index in [1.807, 2.05) is 20.8 Å². The number of amides is 1. The highest BCUT2D eigenvalue weighted by atomic mass is 16.5. The van der Waals surface area contributed by atoms with Gasteiger partial charge in [-0.05, 0) is 12.5 Å². The van der Waals surface area contributed by atoms with Crippen LogP contribution in [0.4, 0.5) is 0 Å². The average Bonchev–Trinajstić information content (AvgIpc) is 2.96. The van der Waals surface area contributed by atoms with E-state index in [1.165, 1.54) is 16.8 Å². The van der Waals surface area contributed by atoms with Gasteiger partial charge in [0.15, 0.2) is 5.82 Å². The number of rotatable bonds is 3. The van der Waals surface area contributed by atoms with Gasteiger partial charge in [-0.2, -0.15) is 10.1 Å². The SMILES string of the molecule is Cn1nc(C(=O)N2CCCN(Cc3noc(C(C)(C)C)n3)CC2)ccc1=O. The molecule has 0 saturated carbocycles. The molecule has 1 aliphatic rings. The summed E-state index contributed by atoms with van der Waals surface area (Å²) in [4.78, 5) is 32.6. The molecule has 0 atom stereocenters. The van der Waals surface area contributed by atoms with Crippen LogP contribution in [0.1, 0.15) is 49.4 Å². The third-order valence-corrected chi connectivity index (χ3v) is 4.53. The Hall–Kier alpha value is -2.55. The number of hydrogen-bond donors (Lipinski definition) is 0. The molecule has 3 heterocycles. The minimum Gasteiger partial charge on any atom is -0.339 e. The van der Waals surface area contributed by atoms with Gasteiger partial charge in [-0.15, -0.1) is 0 Å². The van der Waals surface area contributed by atoms with Crippen molar-refractivity contribution < 1.29 is 9.32 Å². The molecule has 0 bridgehead atoms. The fourth-order valence-electron chi connectivity index (χ4n) is 2.93. The molecule has 0 aromatic carbocycles. The summed E-state index contributed by atoms with van der Waals surface area (Å²) in [6, 6.07) is 2.86. The van der Waals surface area contributed by atoms with E-state index in [2.05, 4.69) is 20.1 Å². The molecule has 1 amide bonds. The van der Waals surface area contributed by atoms with E-state index < -0.39 is 0 Å². The number of nitrogens with zero attached hydrogens (tertiary/aromatic N) is 6. The van der Waals surface area contributed by atoms with Crippen molar-refractivity contribution in [2.24, 2.45) is 7.05 Å². The lowest BCUT2D eigenvalue weighted by Crippen LogP contribution is -2.36. The second-order valence-electron chi connectivity index (χ2n) is 7.87. The summed E-state index contributed by atoms with van der Waals surface area (Å²) in [5.74, 6) is 1.14. The molecule has 0 N–H and O–H groups in total. The molecule has 0 radical (unpaired) electrons. The molecule has 0 spiro atoms. The van der Waals surface area contributed by atoms with Gasteiger partial charge in [-0.25, -0.2) is 4.68 Å². The van der Waals surface area contributed by atoms with Crippen LogP contribution < -0.4 is 5.56 Å². The topological polar surface area (TPSA) is 97.4 Å². The molecular weight excluding hydrogens is 348 g/mol. The zero-order valence-electron chi connectivity index (χ0n) is 16.3. The van der Waals surface area contributed by atoms with E-state index in [9.17, 15) is 9.59 Å². The Morgan fingerprint density at radius 3 is 2.63 bits per heavy atom. The maximum absolute atomic E-state index is 12.7. The first-order chi connectivity index (χ1) is 12.7. The lowest BCUT2D eigenvalue weighted by molar-refractivity contribution is 0.0752. The highest BCUT2D eigenvalue weighted by Crippen LogP contribution is 2.20. The Morgan fingerprint density at radius 2 is 1.96 bits per heavy atom. The smallest absolute Gasteiger partial charge is 0.274 e. The van der Waals surface area contributed by atoms with Crippen molar-refractivity contribution in [1.29, 1.82) is 0 Å². The van der Waals surface area contributed by atoms with Crippen LogP contribution in [0.3, 0.4) is 0 Å². The van der Waals surface area contributed by atoms with Gasteiger partial charge in [-0.1, -0.05) is 25.9 Å². The van der Waals surface area contributed by atoms with Crippen molar-refractivity contribution in [2.45, 2.75) is 39.2 Å². The van der Waals surface area contributed by atoms with Crippen LogP contribution in [0.2, 0.25) is 0 Å². The maximum atomic E-state index is 12.7. The van der Waals surface area contributed by atoms with Gasteiger partial charge < -0.3 is 9.42 Å². The van der Waals surface area contributed by atoms with Crippen molar-refractivity contribution in [1.82, 2.24) is 29.7 Å². The number of carbonyl (C=O) groups is 1. The summed E-state index contributed by atoms with van der Waals surface area (Å²) >= 11 is 0. The minimum atomic E-state index is -0.233. The summed E-state index contributed by atoms with van der Waals surface area (Å²) in [6.07, 6.45) is 0.849. The quantitative estimate of drug-likeness (QED) is 0.784. The Kier molecular flexibility index (Phi) is 5.41. The first kappa shape index (κ1) is 19.2. The van der Waals surface area contributed by atoms with E-state index in [4.69, 9.17) is 4.52 Å². The van der Waals surface area contributed by atoms with Crippen LogP contribution in [-0.2, 0) is 19.0 Å². The third-order valence-electron chi connectivity index (χ3n) is 4.53. The molecule has 146 valence electrons. The molecule has 9 nitrogen and oxygen atoms in total. The van der Waals surface area contributed by atoms with Gasteiger partial charge in [0.25, 0.3) is 11.5 Å². The monoisotopic (exact) mass is 374 g/mol. The van der Waals surface area contributed by atoms with Crippen LogP contribution in [0, 0.1) is 0 Å². The predicted molar refractivity (Wildman–Crippen MR) is 98.3 cm³/mol. The minimum absolute atomic E-state index is 0.151. The van der Waals surface area contributed by atoms with Crippen molar-refractivity contribution in [3.05, 3.63) is 39.9 Å². The second kappa shape index (κ2) is 7.59. The molecule has 2 aromatic heterocycles. The summed E-state index contributed by atoms with van der Waals surface area (Å²) < 4.78 is 6.53. The summed E-state index contributed by atoms with van der Waals surface area (Å²) in [5, 5.41) is 8.13. The molecule has 27 heavy (non-hydrogen) atoms. The van der Waals surface area contributed by atoms with Crippen LogP contribution in [0.15, 0.2) is 21.5 Å². The fourth-order valence-corrected chi connectivity index (χ4v) is 2.93. The van der Waals surface area contributed by atoms with E-state index in [0.717, 1.165) is 19.5 Å². The highest BCUT2D eigenvalue weighted by Gasteiger charge is 2.25. The number of aryl methyl sites for hydroxylation is 1. The third kappa shape index (κ3) is 4.60. The van der Waals surface area contributed by atoms with Gasteiger partial charge >= 0.3 is 0 Å². The largest absolute Gasteiger partial charge is 0.339 e. The van der Waals surface area contributed by atoms with Crippen LogP contribution in [0.25, 0.3) is 0 Å². The highest BCUT2D eigenvalue weighted by molar-refractivity contribution is 5.92. The molecule has 3 rings (SSSR count). The zero-order chi connectivity index (χ0) is 19.6. The lowest BCUT2D eigenvalue weighted by Gasteiger charge is -2.21. The van der Waals surface area contributed by atoms with Gasteiger partial charge in [0.2, 0.25) is 5.89 Å². The van der Waals surface area contributed by atoms with Crippen molar-refractivity contribution in [3.63, 3.8) is 0 Å².